The van der Waals surface area contributed by atoms with Gasteiger partial charge in [0.1, 0.15) is 0 Å². The molecule has 1 atom stereocenters. The Bertz CT molecular complexity index is 282. The molecule has 1 amide bonds. The van der Waals surface area contributed by atoms with Gasteiger partial charge in [0.05, 0.1) is 5.88 Å². The van der Waals surface area contributed by atoms with E-state index in [9.17, 15) is 9.59 Å². The summed E-state index contributed by atoms with van der Waals surface area (Å²) >= 11 is 11.1. The SMILES string of the molecule is O=C(NC(Cl)(CCl)C(=O)O)C1CCNCC1. The lowest BCUT2D eigenvalue weighted by Gasteiger charge is -2.26. The van der Waals surface area contributed by atoms with E-state index in [-0.39, 0.29) is 17.7 Å². The number of rotatable bonds is 4. The molecule has 0 saturated carbocycles. The van der Waals surface area contributed by atoms with E-state index in [1.165, 1.54) is 0 Å². The van der Waals surface area contributed by atoms with Crippen LogP contribution in [0.2, 0.25) is 0 Å². The van der Waals surface area contributed by atoms with Crippen LogP contribution in [0.5, 0.6) is 0 Å². The summed E-state index contributed by atoms with van der Waals surface area (Å²) in [6, 6.07) is 0. The molecule has 92 valence electrons. The maximum atomic E-state index is 11.7. The third-order valence-electron chi connectivity index (χ3n) is 2.55. The van der Waals surface area contributed by atoms with Crippen molar-refractivity contribution in [3.63, 3.8) is 0 Å². The minimum atomic E-state index is -1.90. The van der Waals surface area contributed by atoms with E-state index < -0.39 is 11.0 Å². The first kappa shape index (κ1) is 13.5. The molecule has 0 radical (unpaired) electrons. The molecule has 0 aromatic carbocycles. The largest absolute Gasteiger partial charge is 0.479 e. The van der Waals surface area contributed by atoms with Gasteiger partial charge in [-0.2, -0.15) is 0 Å². The molecule has 0 aromatic heterocycles. The highest BCUT2D eigenvalue weighted by Crippen LogP contribution is 2.18. The van der Waals surface area contributed by atoms with Crippen LogP contribution in [0.1, 0.15) is 12.8 Å². The fourth-order valence-electron chi connectivity index (χ4n) is 1.53. The predicted octanol–water partition coefficient (Wildman–Crippen LogP) is 0.361. The van der Waals surface area contributed by atoms with Gasteiger partial charge in [0, 0.05) is 5.92 Å². The van der Waals surface area contributed by atoms with E-state index >= 15 is 0 Å². The van der Waals surface area contributed by atoms with Crippen LogP contribution in [-0.4, -0.2) is 41.0 Å². The number of hydrogen-bond donors (Lipinski definition) is 3. The molecule has 5 nitrogen and oxygen atoms in total. The summed E-state index contributed by atoms with van der Waals surface area (Å²) < 4.78 is 0. The Morgan fingerprint density at radius 2 is 2.00 bits per heavy atom. The van der Waals surface area contributed by atoms with Gasteiger partial charge in [-0.05, 0) is 25.9 Å². The molecule has 0 spiro atoms. The van der Waals surface area contributed by atoms with Gasteiger partial charge in [0.25, 0.3) is 0 Å². The van der Waals surface area contributed by atoms with Crippen LogP contribution in [0, 0.1) is 5.92 Å². The van der Waals surface area contributed by atoms with Crippen LogP contribution in [0.4, 0.5) is 0 Å². The van der Waals surface area contributed by atoms with Crippen LogP contribution in [0.15, 0.2) is 0 Å². The topological polar surface area (TPSA) is 78.4 Å². The lowest BCUT2D eigenvalue weighted by Crippen LogP contribution is -2.54. The third kappa shape index (κ3) is 3.23. The van der Waals surface area contributed by atoms with Crippen LogP contribution in [0.25, 0.3) is 0 Å². The van der Waals surface area contributed by atoms with Crippen LogP contribution < -0.4 is 10.6 Å². The summed E-state index contributed by atoms with van der Waals surface area (Å²) in [5.74, 6) is -2.26. The first-order valence-electron chi connectivity index (χ1n) is 5.00. The first-order chi connectivity index (χ1) is 7.49. The zero-order chi connectivity index (χ0) is 12.2. The minimum Gasteiger partial charge on any atom is -0.479 e. The highest BCUT2D eigenvalue weighted by molar-refractivity contribution is 6.39. The molecule has 16 heavy (non-hydrogen) atoms. The van der Waals surface area contributed by atoms with E-state index in [1.807, 2.05) is 0 Å². The fraction of sp³-hybridized carbons (Fsp3) is 0.778. The summed E-state index contributed by atoms with van der Waals surface area (Å²) in [7, 11) is 0. The second-order valence-electron chi connectivity index (χ2n) is 3.75. The van der Waals surface area contributed by atoms with Crippen LogP contribution in [0.3, 0.4) is 0 Å². The molecule has 3 N–H and O–H groups in total. The van der Waals surface area contributed by atoms with Crippen molar-refractivity contribution in [3.05, 3.63) is 0 Å². The number of carbonyl (C=O) groups is 2. The highest BCUT2D eigenvalue weighted by Gasteiger charge is 2.38. The number of nitrogens with one attached hydrogen (secondary N) is 2. The first-order valence-corrected chi connectivity index (χ1v) is 5.92. The second-order valence-corrected chi connectivity index (χ2v) is 4.67. The van der Waals surface area contributed by atoms with Crippen molar-refractivity contribution in [3.8, 4) is 0 Å². The van der Waals surface area contributed by atoms with Crippen molar-refractivity contribution < 1.29 is 14.7 Å². The number of amides is 1. The minimum absolute atomic E-state index is 0.193. The average Bonchev–Trinajstić information content (AvgIpc) is 2.29. The number of carbonyl (C=O) groups excluding carboxylic acids is 1. The van der Waals surface area contributed by atoms with Gasteiger partial charge < -0.3 is 15.7 Å². The fourth-order valence-corrected chi connectivity index (χ4v) is 1.80. The van der Waals surface area contributed by atoms with E-state index in [0.717, 1.165) is 13.1 Å². The molecule has 1 saturated heterocycles. The van der Waals surface area contributed by atoms with Gasteiger partial charge >= 0.3 is 5.97 Å². The molecule has 7 heteroatoms. The molecule has 1 rings (SSSR count). The van der Waals surface area contributed by atoms with Crippen molar-refractivity contribution in [2.24, 2.45) is 5.92 Å². The van der Waals surface area contributed by atoms with Crippen molar-refractivity contribution in [1.82, 2.24) is 10.6 Å². The highest BCUT2D eigenvalue weighted by atomic mass is 35.5. The van der Waals surface area contributed by atoms with Crippen molar-refractivity contribution in [1.29, 1.82) is 0 Å². The number of piperidine rings is 1. The van der Waals surface area contributed by atoms with Crippen molar-refractivity contribution in [2.75, 3.05) is 19.0 Å². The summed E-state index contributed by atoms with van der Waals surface area (Å²) in [6.07, 6.45) is 1.36. The number of alkyl halides is 2. The summed E-state index contributed by atoms with van der Waals surface area (Å²) in [4.78, 5) is 20.7. The van der Waals surface area contributed by atoms with E-state index in [4.69, 9.17) is 28.3 Å². The smallest absolute Gasteiger partial charge is 0.346 e. The Morgan fingerprint density at radius 1 is 1.44 bits per heavy atom. The Morgan fingerprint density at radius 3 is 2.44 bits per heavy atom. The zero-order valence-electron chi connectivity index (χ0n) is 8.63. The lowest BCUT2D eigenvalue weighted by atomic mass is 9.97. The molecule has 0 bridgehead atoms. The zero-order valence-corrected chi connectivity index (χ0v) is 10.1. The van der Waals surface area contributed by atoms with Gasteiger partial charge in [-0.3, -0.25) is 4.79 Å². The Labute approximate surface area is 103 Å². The predicted molar refractivity (Wildman–Crippen MR) is 60.7 cm³/mol. The molecule has 1 fully saturated rings. The Hall–Kier alpha value is -0.520. The van der Waals surface area contributed by atoms with Gasteiger partial charge in [-0.1, -0.05) is 11.6 Å². The number of carboxylic acid groups (broad SMARTS) is 1. The number of carboxylic acids is 1. The Balaban J connectivity index is 2.57. The maximum absolute atomic E-state index is 11.7. The Kier molecular flexibility index (Phi) is 4.83. The molecule has 0 aromatic rings. The molecule has 1 heterocycles. The number of halogens is 2. The number of hydrogen-bond acceptors (Lipinski definition) is 3. The van der Waals surface area contributed by atoms with Gasteiger partial charge in [-0.25, -0.2) is 4.79 Å². The molecule has 0 aliphatic carbocycles. The second kappa shape index (κ2) is 5.70. The monoisotopic (exact) mass is 268 g/mol. The standard InChI is InChI=1S/C9H14Cl2N2O3/c10-5-9(11,8(15)16)13-7(14)6-1-3-12-4-2-6/h6,12H,1-5H2,(H,13,14)(H,15,16). The van der Waals surface area contributed by atoms with Gasteiger partial charge in [0.2, 0.25) is 10.9 Å². The summed E-state index contributed by atoms with van der Waals surface area (Å²) in [5.41, 5.74) is 0. The van der Waals surface area contributed by atoms with Gasteiger partial charge in [-0.15, -0.1) is 11.6 Å². The average molecular weight is 269 g/mol. The molecule has 1 aliphatic rings. The molecular weight excluding hydrogens is 255 g/mol. The van der Waals surface area contributed by atoms with Crippen molar-refractivity contribution >= 4 is 35.1 Å². The van der Waals surface area contributed by atoms with E-state index in [2.05, 4.69) is 10.6 Å². The quantitative estimate of drug-likeness (QED) is 0.508. The third-order valence-corrected chi connectivity index (χ3v) is 3.48. The summed E-state index contributed by atoms with van der Waals surface area (Å²) in [6.45, 7) is 1.50. The van der Waals surface area contributed by atoms with E-state index in [1.54, 1.807) is 0 Å². The van der Waals surface area contributed by atoms with Crippen LogP contribution >= 0.6 is 23.2 Å². The maximum Gasteiger partial charge on any atom is 0.346 e. The summed E-state index contributed by atoms with van der Waals surface area (Å²) in [5, 5.41) is 14.2. The molecular formula is C9H14Cl2N2O3. The number of aliphatic carboxylic acids is 1. The molecule has 1 unspecified atom stereocenters. The van der Waals surface area contributed by atoms with E-state index in [0.29, 0.717) is 12.8 Å². The van der Waals surface area contributed by atoms with Gasteiger partial charge in [0.15, 0.2) is 0 Å². The lowest BCUT2D eigenvalue weighted by molar-refractivity contribution is -0.143. The normalized spacial score (nSPS) is 21.1. The van der Waals surface area contributed by atoms with Crippen LogP contribution in [-0.2, 0) is 9.59 Å². The van der Waals surface area contributed by atoms with Crippen molar-refractivity contribution in [2.45, 2.75) is 17.8 Å². The molecule has 1 aliphatic heterocycles.